The Morgan fingerprint density at radius 3 is 2.63 bits per heavy atom. The first-order valence-electron chi connectivity index (χ1n) is 8.61. The van der Waals surface area contributed by atoms with Crippen LogP contribution in [0.2, 0.25) is 5.02 Å². The summed E-state index contributed by atoms with van der Waals surface area (Å²) < 4.78 is 20.2. The normalized spacial score (nSPS) is 10.8. The van der Waals surface area contributed by atoms with Crippen LogP contribution in [0.1, 0.15) is 15.9 Å². The summed E-state index contributed by atoms with van der Waals surface area (Å²) >= 11 is 9.58. The van der Waals surface area contributed by atoms with Gasteiger partial charge in [-0.15, -0.1) is 10.2 Å². The van der Waals surface area contributed by atoms with Crippen molar-refractivity contribution in [3.05, 3.63) is 75.4 Å². The van der Waals surface area contributed by atoms with Crippen molar-refractivity contribution in [2.45, 2.75) is 6.92 Å². The van der Waals surface area contributed by atoms with Gasteiger partial charge in [-0.1, -0.05) is 23.7 Å². The van der Waals surface area contributed by atoms with Gasteiger partial charge in [-0.05, 0) is 52.7 Å². The third-order valence-electron chi connectivity index (χ3n) is 4.17. The first-order valence-corrected chi connectivity index (χ1v) is 9.78. The van der Waals surface area contributed by atoms with Gasteiger partial charge in [0.15, 0.2) is 5.69 Å². The lowest BCUT2D eigenvalue weighted by molar-refractivity contribution is 0.102. The van der Waals surface area contributed by atoms with E-state index in [0.29, 0.717) is 31.9 Å². The Hall–Kier alpha value is -3.17. The van der Waals surface area contributed by atoms with Crippen molar-refractivity contribution in [3.8, 4) is 23.0 Å². The smallest absolute Gasteiger partial charge is 0.271 e. The molecule has 0 radical (unpaired) electrons. The van der Waals surface area contributed by atoms with E-state index in [-0.39, 0.29) is 23.4 Å². The molecule has 1 amide bonds. The number of aryl methyl sites for hydroxylation is 1. The molecule has 0 fully saturated rings. The zero-order valence-electron chi connectivity index (χ0n) is 15.4. The molecule has 4 aromatic rings. The zero-order valence-corrected chi connectivity index (χ0v) is 17.7. The molecule has 10 heteroatoms. The van der Waals surface area contributed by atoms with Crippen LogP contribution in [0.3, 0.4) is 0 Å². The lowest BCUT2D eigenvalue weighted by Crippen LogP contribution is -2.14. The first-order chi connectivity index (χ1) is 14.4. The molecular formula is C20H12BrClFN5O2. The lowest BCUT2D eigenvalue weighted by Gasteiger charge is -2.13. The number of carbonyl (C=O) groups is 1. The summed E-state index contributed by atoms with van der Waals surface area (Å²) in [4.78, 5) is 20.2. The lowest BCUT2D eigenvalue weighted by atomic mass is 10.1. The molecular weight excluding hydrogens is 477 g/mol. The van der Waals surface area contributed by atoms with Gasteiger partial charge in [0.25, 0.3) is 11.8 Å². The molecule has 4 rings (SSSR count). The number of rotatable bonds is 4. The highest BCUT2D eigenvalue weighted by molar-refractivity contribution is 9.10. The molecule has 0 saturated heterocycles. The van der Waals surface area contributed by atoms with Gasteiger partial charge in [-0.25, -0.2) is 9.97 Å². The highest BCUT2D eigenvalue weighted by Crippen LogP contribution is 2.35. The number of benzene rings is 2. The van der Waals surface area contributed by atoms with Crippen LogP contribution < -0.4 is 5.32 Å². The van der Waals surface area contributed by atoms with E-state index in [1.807, 2.05) is 6.07 Å². The number of nitrogens with one attached hydrogen (secondary N) is 1. The Morgan fingerprint density at radius 1 is 1.13 bits per heavy atom. The van der Waals surface area contributed by atoms with Gasteiger partial charge in [0, 0.05) is 21.9 Å². The molecule has 0 spiro atoms. The van der Waals surface area contributed by atoms with Gasteiger partial charge >= 0.3 is 0 Å². The fraction of sp³-hybridized carbons (Fsp3) is 0.0500. The number of hydrogen-bond donors (Lipinski definition) is 1. The molecule has 7 nitrogen and oxygen atoms in total. The van der Waals surface area contributed by atoms with Crippen molar-refractivity contribution in [1.29, 1.82) is 0 Å². The second-order valence-electron chi connectivity index (χ2n) is 6.19. The number of hydrogen-bond acceptors (Lipinski definition) is 6. The van der Waals surface area contributed by atoms with Crippen molar-refractivity contribution in [3.63, 3.8) is 0 Å². The summed E-state index contributed by atoms with van der Waals surface area (Å²) in [5, 5.41) is 11.1. The Balaban J connectivity index is 1.76. The maximum atomic E-state index is 13.9. The number of aromatic nitrogens is 4. The average molecular weight is 489 g/mol. The van der Waals surface area contributed by atoms with Gasteiger partial charge in [0.05, 0.1) is 16.8 Å². The highest BCUT2D eigenvalue weighted by atomic mass is 79.9. The van der Waals surface area contributed by atoms with Crippen LogP contribution in [0.5, 0.6) is 0 Å². The van der Waals surface area contributed by atoms with Crippen LogP contribution >= 0.6 is 27.5 Å². The quantitative estimate of drug-likeness (QED) is 0.418. The molecule has 0 bridgehead atoms. The molecule has 0 aliphatic carbocycles. The predicted molar refractivity (Wildman–Crippen MR) is 113 cm³/mol. The number of nitrogens with zero attached hydrogens (tertiary/aromatic N) is 4. The van der Waals surface area contributed by atoms with E-state index in [9.17, 15) is 9.18 Å². The number of amides is 1. The van der Waals surface area contributed by atoms with Crippen molar-refractivity contribution in [2.75, 3.05) is 5.32 Å². The topological polar surface area (TPSA) is 93.8 Å². The third-order valence-corrected chi connectivity index (χ3v) is 5.08. The van der Waals surface area contributed by atoms with Crippen LogP contribution in [0.4, 0.5) is 10.1 Å². The Bertz CT molecular complexity index is 1260. The molecule has 0 aliphatic heterocycles. The summed E-state index contributed by atoms with van der Waals surface area (Å²) in [5.74, 6) is -1.27. The van der Waals surface area contributed by atoms with E-state index in [1.165, 1.54) is 12.4 Å². The van der Waals surface area contributed by atoms with Gasteiger partial charge in [0.1, 0.15) is 0 Å². The maximum absolute atomic E-state index is 13.9. The van der Waals surface area contributed by atoms with E-state index < -0.39 is 5.95 Å². The van der Waals surface area contributed by atoms with Crippen molar-refractivity contribution >= 4 is 39.1 Å². The van der Waals surface area contributed by atoms with Crippen LogP contribution in [0.25, 0.3) is 23.0 Å². The minimum Gasteiger partial charge on any atom is -0.414 e. The summed E-state index contributed by atoms with van der Waals surface area (Å²) in [6.07, 6.45) is 2.53. The SMILES string of the molecule is Cc1cc(Cl)cc(-c2nnc(-c3nccnc3F)o2)c1NC(=O)c1ccccc1Br. The number of carbonyl (C=O) groups excluding carboxylic acids is 1. The standard InChI is InChI=1S/C20H12BrClFN5O2/c1-10-8-11(22)9-13(15(10)26-18(29)12-4-2-3-5-14(12)21)19-27-28-20(30-19)16-17(23)25-7-6-24-16/h2-9H,1H3,(H,26,29). The van der Waals surface area contributed by atoms with Crippen LogP contribution in [0.15, 0.2) is 57.7 Å². The minimum atomic E-state index is -0.836. The van der Waals surface area contributed by atoms with E-state index in [4.69, 9.17) is 16.0 Å². The highest BCUT2D eigenvalue weighted by Gasteiger charge is 2.21. The second kappa shape index (κ2) is 8.29. The Labute approximate surface area is 183 Å². The van der Waals surface area contributed by atoms with Gasteiger partial charge < -0.3 is 9.73 Å². The summed E-state index contributed by atoms with van der Waals surface area (Å²) in [6.45, 7) is 1.78. The molecule has 2 heterocycles. The predicted octanol–water partition coefficient (Wildman–Crippen LogP) is 5.31. The summed E-state index contributed by atoms with van der Waals surface area (Å²) in [6, 6.07) is 10.3. The van der Waals surface area contributed by atoms with E-state index >= 15 is 0 Å². The van der Waals surface area contributed by atoms with Crippen LogP contribution in [-0.2, 0) is 0 Å². The molecule has 0 saturated carbocycles. The molecule has 0 unspecified atom stereocenters. The number of halogens is 3. The van der Waals surface area contributed by atoms with Gasteiger partial charge in [0.2, 0.25) is 11.8 Å². The zero-order chi connectivity index (χ0) is 21.3. The third kappa shape index (κ3) is 3.94. The maximum Gasteiger partial charge on any atom is 0.271 e. The second-order valence-corrected chi connectivity index (χ2v) is 7.48. The molecule has 0 aliphatic rings. The van der Waals surface area contributed by atoms with Crippen LogP contribution in [0, 0.1) is 12.9 Å². The molecule has 2 aromatic carbocycles. The number of anilines is 1. The molecule has 2 aromatic heterocycles. The molecule has 150 valence electrons. The van der Waals surface area contributed by atoms with Crippen molar-refractivity contribution < 1.29 is 13.6 Å². The Kier molecular flexibility index (Phi) is 5.56. The summed E-state index contributed by atoms with van der Waals surface area (Å²) in [5.41, 5.74) is 1.79. The average Bonchev–Trinajstić information content (AvgIpc) is 3.20. The molecule has 30 heavy (non-hydrogen) atoms. The fourth-order valence-electron chi connectivity index (χ4n) is 2.80. The summed E-state index contributed by atoms with van der Waals surface area (Å²) in [7, 11) is 0. The monoisotopic (exact) mass is 487 g/mol. The van der Waals surface area contributed by atoms with Crippen molar-refractivity contribution in [1.82, 2.24) is 20.2 Å². The molecule has 1 N–H and O–H groups in total. The van der Waals surface area contributed by atoms with E-state index in [1.54, 1.807) is 37.3 Å². The largest absolute Gasteiger partial charge is 0.414 e. The fourth-order valence-corrected chi connectivity index (χ4v) is 3.53. The molecule has 0 atom stereocenters. The van der Waals surface area contributed by atoms with E-state index in [2.05, 4.69) is 41.4 Å². The Morgan fingerprint density at radius 2 is 1.87 bits per heavy atom. The van der Waals surface area contributed by atoms with Gasteiger partial charge in [-0.3, -0.25) is 4.79 Å². The van der Waals surface area contributed by atoms with Crippen molar-refractivity contribution in [2.24, 2.45) is 0 Å². The first kappa shape index (κ1) is 20.1. The minimum absolute atomic E-state index is 0.0445. The van der Waals surface area contributed by atoms with E-state index in [0.717, 1.165) is 0 Å². The van der Waals surface area contributed by atoms with Gasteiger partial charge in [-0.2, -0.15) is 4.39 Å². The van der Waals surface area contributed by atoms with Crippen LogP contribution in [-0.4, -0.2) is 26.1 Å².